The number of carbonyl (C=O) groups is 1. The normalized spacial score (nSPS) is 25.0. The maximum atomic E-state index is 10.3. The van der Waals surface area contributed by atoms with Crippen LogP contribution in [0.1, 0.15) is 51.9 Å². The third-order valence-electron chi connectivity index (χ3n) is 3.52. The van der Waals surface area contributed by atoms with Crippen molar-refractivity contribution < 1.29 is 9.90 Å². The Kier molecular flexibility index (Phi) is 6.68. The van der Waals surface area contributed by atoms with Gasteiger partial charge in [-0.1, -0.05) is 30.7 Å². The lowest BCUT2D eigenvalue weighted by molar-refractivity contribution is -0.137. The van der Waals surface area contributed by atoms with Crippen molar-refractivity contribution >= 4 is 5.97 Å². The summed E-state index contributed by atoms with van der Waals surface area (Å²) < 4.78 is 0. The van der Waals surface area contributed by atoms with E-state index in [4.69, 9.17) is 5.11 Å². The SMILES string of the molecule is C/C=C/C1CCC[C@@H]1C/C=C\CCCC(=O)O. The van der Waals surface area contributed by atoms with E-state index in [1.165, 1.54) is 19.3 Å². The molecule has 0 heterocycles. The second-order valence-corrected chi connectivity index (χ2v) is 4.87. The van der Waals surface area contributed by atoms with E-state index in [1.807, 2.05) is 0 Å². The van der Waals surface area contributed by atoms with Gasteiger partial charge in [0.15, 0.2) is 0 Å². The number of unbranched alkanes of at least 4 members (excludes halogenated alkanes) is 1. The van der Waals surface area contributed by atoms with Gasteiger partial charge in [0.2, 0.25) is 0 Å². The molecule has 96 valence electrons. The molecule has 0 aromatic rings. The van der Waals surface area contributed by atoms with E-state index in [2.05, 4.69) is 31.2 Å². The molecule has 0 aromatic carbocycles. The topological polar surface area (TPSA) is 37.3 Å². The predicted molar refractivity (Wildman–Crippen MR) is 70.9 cm³/mol. The Balaban J connectivity index is 2.16. The van der Waals surface area contributed by atoms with E-state index >= 15 is 0 Å². The van der Waals surface area contributed by atoms with Crippen molar-refractivity contribution in [2.45, 2.75) is 51.9 Å². The molecule has 0 aliphatic heterocycles. The van der Waals surface area contributed by atoms with Gasteiger partial charge in [0.25, 0.3) is 0 Å². The second-order valence-electron chi connectivity index (χ2n) is 4.87. The first-order valence-electron chi connectivity index (χ1n) is 6.73. The summed E-state index contributed by atoms with van der Waals surface area (Å²) >= 11 is 0. The standard InChI is InChI=1S/C15H24O2/c1-2-8-13-10-7-11-14(13)9-5-3-4-6-12-15(16)17/h2-3,5,8,13-14H,4,6-7,9-12H2,1H3,(H,16,17)/b5-3-,8-2+/t13?,14-/m0/s1. The van der Waals surface area contributed by atoms with Crippen molar-refractivity contribution in [2.75, 3.05) is 0 Å². The lowest BCUT2D eigenvalue weighted by atomic mass is 9.92. The Morgan fingerprint density at radius 1 is 1.35 bits per heavy atom. The van der Waals surface area contributed by atoms with E-state index in [1.54, 1.807) is 0 Å². The molecule has 2 atom stereocenters. The minimum absolute atomic E-state index is 0.287. The second kappa shape index (κ2) is 8.10. The first kappa shape index (κ1) is 14.0. The van der Waals surface area contributed by atoms with E-state index < -0.39 is 5.97 Å². The maximum absolute atomic E-state index is 10.3. The van der Waals surface area contributed by atoms with Crippen molar-refractivity contribution in [3.05, 3.63) is 24.3 Å². The molecule has 2 heteroatoms. The summed E-state index contributed by atoms with van der Waals surface area (Å²) in [6, 6.07) is 0. The minimum Gasteiger partial charge on any atom is -0.481 e. The summed E-state index contributed by atoms with van der Waals surface area (Å²) in [5, 5.41) is 8.50. The number of hydrogen-bond donors (Lipinski definition) is 1. The number of carboxylic acid groups (broad SMARTS) is 1. The van der Waals surface area contributed by atoms with Crippen LogP contribution in [0.5, 0.6) is 0 Å². The molecule has 0 saturated heterocycles. The maximum Gasteiger partial charge on any atom is 0.303 e. The summed E-state index contributed by atoms with van der Waals surface area (Å²) in [5.41, 5.74) is 0. The molecule has 1 saturated carbocycles. The largest absolute Gasteiger partial charge is 0.481 e. The van der Waals surface area contributed by atoms with Gasteiger partial charge in [-0.15, -0.1) is 0 Å². The zero-order valence-electron chi connectivity index (χ0n) is 10.8. The van der Waals surface area contributed by atoms with Crippen LogP contribution in [0.4, 0.5) is 0 Å². The van der Waals surface area contributed by atoms with Gasteiger partial charge >= 0.3 is 5.97 Å². The van der Waals surface area contributed by atoms with Crippen molar-refractivity contribution in [3.63, 3.8) is 0 Å². The first-order chi connectivity index (χ1) is 8.24. The summed E-state index contributed by atoms with van der Waals surface area (Å²) in [5.74, 6) is 0.882. The van der Waals surface area contributed by atoms with Gasteiger partial charge < -0.3 is 5.11 Å². The third kappa shape index (κ3) is 5.71. The lowest BCUT2D eigenvalue weighted by Gasteiger charge is -2.13. The third-order valence-corrected chi connectivity index (χ3v) is 3.52. The summed E-state index contributed by atoms with van der Waals surface area (Å²) in [7, 11) is 0. The van der Waals surface area contributed by atoms with E-state index in [9.17, 15) is 4.79 Å². The summed E-state index contributed by atoms with van der Waals surface area (Å²) in [6.07, 6.45) is 16.0. The Morgan fingerprint density at radius 2 is 2.18 bits per heavy atom. The number of rotatable bonds is 7. The van der Waals surface area contributed by atoms with Crippen LogP contribution < -0.4 is 0 Å². The Labute approximate surface area is 104 Å². The van der Waals surface area contributed by atoms with Gasteiger partial charge in [-0.3, -0.25) is 4.79 Å². The highest BCUT2D eigenvalue weighted by Crippen LogP contribution is 2.35. The van der Waals surface area contributed by atoms with Gasteiger partial charge in [-0.2, -0.15) is 0 Å². The van der Waals surface area contributed by atoms with Gasteiger partial charge in [-0.05, 0) is 50.9 Å². The molecule has 0 bridgehead atoms. The van der Waals surface area contributed by atoms with Crippen molar-refractivity contribution in [2.24, 2.45) is 11.8 Å². The summed E-state index contributed by atoms with van der Waals surface area (Å²) in [4.78, 5) is 10.3. The van der Waals surface area contributed by atoms with Gasteiger partial charge in [-0.25, -0.2) is 0 Å². The smallest absolute Gasteiger partial charge is 0.303 e. The van der Waals surface area contributed by atoms with Crippen LogP contribution in [0.25, 0.3) is 0 Å². The van der Waals surface area contributed by atoms with Crippen LogP contribution in [0.2, 0.25) is 0 Å². The molecule has 0 amide bonds. The fourth-order valence-electron chi connectivity index (χ4n) is 2.62. The van der Waals surface area contributed by atoms with Gasteiger partial charge in [0.1, 0.15) is 0 Å². The average Bonchev–Trinajstić information content (AvgIpc) is 2.71. The highest BCUT2D eigenvalue weighted by Gasteiger charge is 2.23. The molecule has 1 fully saturated rings. The summed E-state index contributed by atoms with van der Waals surface area (Å²) in [6.45, 7) is 2.09. The number of aliphatic carboxylic acids is 1. The molecule has 1 aliphatic rings. The molecule has 1 unspecified atom stereocenters. The van der Waals surface area contributed by atoms with Gasteiger partial charge in [0.05, 0.1) is 0 Å². The molecule has 1 rings (SSSR count). The monoisotopic (exact) mass is 236 g/mol. The molecule has 2 nitrogen and oxygen atoms in total. The predicted octanol–water partition coefficient (Wildman–Crippen LogP) is 4.18. The van der Waals surface area contributed by atoms with Crippen LogP contribution in [0, 0.1) is 11.8 Å². The van der Waals surface area contributed by atoms with Gasteiger partial charge in [0, 0.05) is 6.42 Å². The van der Waals surface area contributed by atoms with E-state index in [-0.39, 0.29) is 6.42 Å². The van der Waals surface area contributed by atoms with Crippen molar-refractivity contribution in [1.82, 2.24) is 0 Å². The molecule has 0 aromatic heterocycles. The lowest BCUT2D eigenvalue weighted by Crippen LogP contribution is -2.03. The van der Waals surface area contributed by atoms with Crippen LogP contribution in [-0.2, 0) is 4.79 Å². The van der Waals surface area contributed by atoms with Crippen molar-refractivity contribution in [3.8, 4) is 0 Å². The average molecular weight is 236 g/mol. The van der Waals surface area contributed by atoms with E-state index in [0.717, 1.165) is 31.1 Å². The molecule has 0 spiro atoms. The van der Waals surface area contributed by atoms with Crippen LogP contribution in [0.3, 0.4) is 0 Å². The Hall–Kier alpha value is -1.05. The minimum atomic E-state index is -0.692. The van der Waals surface area contributed by atoms with Crippen LogP contribution in [0.15, 0.2) is 24.3 Å². The van der Waals surface area contributed by atoms with Crippen molar-refractivity contribution in [1.29, 1.82) is 0 Å². The zero-order valence-corrected chi connectivity index (χ0v) is 10.8. The Morgan fingerprint density at radius 3 is 2.88 bits per heavy atom. The quantitative estimate of drug-likeness (QED) is 0.532. The van der Waals surface area contributed by atoms with Crippen LogP contribution >= 0.6 is 0 Å². The highest BCUT2D eigenvalue weighted by molar-refractivity contribution is 5.66. The molecular formula is C15H24O2. The van der Waals surface area contributed by atoms with Crippen LogP contribution in [-0.4, -0.2) is 11.1 Å². The highest BCUT2D eigenvalue weighted by atomic mass is 16.4. The number of hydrogen-bond acceptors (Lipinski definition) is 1. The molecular weight excluding hydrogens is 212 g/mol. The fraction of sp³-hybridized carbons (Fsp3) is 0.667. The molecule has 1 aliphatic carbocycles. The molecule has 1 N–H and O–H groups in total. The molecule has 17 heavy (non-hydrogen) atoms. The van der Waals surface area contributed by atoms with E-state index in [0.29, 0.717) is 0 Å². The molecule has 0 radical (unpaired) electrons. The Bertz CT molecular complexity index is 279. The number of carboxylic acids is 1. The number of allylic oxidation sites excluding steroid dienone is 4. The zero-order chi connectivity index (χ0) is 12.5. The first-order valence-corrected chi connectivity index (χ1v) is 6.73. The fourth-order valence-corrected chi connectivity index (χ4v) is 2.62.